The van der Waals surface area contributed by atoms with Crippen molar-refractivity contribution in [3.63, 3.8) is 0 Å². The highest BCUT2D eigenvalue weighted by atomic mass is 16.4. The Balaban J connectivity index is 3.46. The standard InChI is InChI=1S/C21H42O4/c1-2-3-4-5-6-7-8-9-10-11-12-13-14-15-19(17-21(24)25)16-20(23)18-22/h19-20,22-23H,2-18H2,1H3,(H,24,25). The highest BCUT2D eigenvalue weighted by molar-refractivity contribution is 5.67. The van der Waals surface area contributed by atoms with Gasteiger partial charge in [0.2, 0.25) is 0 Å². The van der Waals surface area contributed by atoms with E-state index in [2.05, 4.69) is 6.92 Å². The Hall–Kier alpha value is -0.610. The molecular formula is C21H42O4. The van der Waals surface area contributed by atoms with E-state index in [9.17, 15) is 9.90 Å². The van der Waals surface area contributed by atoms with Gasteiger partial charge in [-0.05, 0) is 18.8 Å². The van der Waals surface area contributed by atoms with E-state index >= 15 is 0 Å². The quantitative estimate of drug-likeness (QED) is 0.274. The molecule has 0 aliphatic carbocycles. The molecule has 0 rings (SSSR count). The lowest BCUT2D eigenvalue weighted by Crippen LogP contribution is -2.19. The zero-order valence-corrected chi connectivity index (χ0v) is 16.4. The average molecular weight is 359 g/mol. The Bertz CT molecular complexity index is 294. The maximum Gasteiger partial charge on any atom is 0.303 e. The summed E-state index contributed by atoms with van der Waals surface area (Å²) in [5, 5.41) is 27.3. The number of carboxylic acid groups (broad SMARTS) is 1. The summed E-state index contributed by atoms with van der Waals surface area (Å²) in [5.74, 6) is -0.836. The van der Waals surface area contributed by atoms with Crippen molar-refractivity contribution in [3.05, 3.63) is 0 Å². The lowest BCUT2D eigenvalue weighted by atomic mass is 9.92. The van der Waals surface area contributed by atoms with Gasteiger partial charge in [-0.25, -0.2) is 0 Å². The molecule has 0 bridgehead atoms. The van der Waals surface area contributed by atoms with Crippen molar-refractivity contribution in [2.45, 2.75) is 116 Å². The second-order valence-corrected chi connectivity index (χ2v) is 7.57. The predicted molar refractivity (Wildman–Crippen MR) is 104 cm³/mol. The number of aliphatic carboxylic acids is 1. The van der Waals surface area contributed by atoms with E-state index in [4.69, 9.17) is 10.2 Å². The maximum absolute atomic E-state index is 10.9. The van der Waals surface area contributed by atoms with E-state index in [-0.39, 0.29) is 18.9 Å². The minimum atomic E-state index is -0.815. The number of aliphatic hydroxyl groups is 2. The Morgan fingerprint density at radius 3 is 1.64 bits per heavy atom. The lowest BCUT2D eigenvalue weighted by molar-refractivity contribution is -0.138. The van der Waals surface area contributed by atoms with Gasteiger partial charge in [-0.1, -0.05) is 90.4 Å². The molecule has 0 aliphatic heterocycles. The topological polar surface area (TPSA) is 77.8 Å². The van der Waals surface area contributed by atoms with Gasteiger partial charge in [0.1, 0.15) is 0 Å². The predicted octanol–water partition coefficient (Wildman–Crippen LogP) is 5.30. The van der Waals surface area contributed by atoms with E-state index < -0.39 is 12.1 Å². The van der Waals surface area contributed by atoms with Gasteiger partial charge < -0.3 is 15.3 Å². The molecule has 0 heterocycles. The molecule has 0 aliphatic rings. The molecule has 0 spiro atoms. The number of carbonyl (C=O) groups is 1. The zero-order valence-electron chi connectivity index (χ0n) is 16.4. The third kappa shape index (κ3) is 18.0. The molecule has 3 N–H and O–H groups in total. The zero-order chi connectivity index (χ0) is 18.8. The van der Waals surface area contributed by atoms with Crippen molar-refractivity contribution >= 4 is 5.97 Å². The molecule has 0 amide bonds. The number of hydrogen-bond donors (Lipinski definition) is 3. The third-order valence-corrected chi connectivity index (χ3v) is 5.00. The molecule has 4 heteroatoms. The van der Waals surface area contributed by atoms with E-state index in [1.165, 1.54) is 70.6 Å². The fourth-order valence-electron chi connectivity index (χ4n) is 3.46. The summed E-state index contributed by atoms with van der Waals surface area (Å²) in [6.45, 7) is 1.97. The molecule has 0 fully saturated rings. The van der Waals surface area contributed by atoms with Gasteiger partial charge in [-0.3, -0.25) is 4.79 Å². The molecule has 0 aromatic rings. The van der Waals surface area contributed by atoms with Crippen LogP contribution < -0.4 is 0 Å². The van der Waals surface area contributed by atoms with Gasteiger partial charge in [0.25, 0.3) is 0 Å². The van der Waals surface area contributed by atoms with Crippen LogP contribution in [0, 0.1) is 5.92 Å². The number of unbranched alkanes of at least 4 members (excludes halogenated alkanes) is 12. The summed E-state index contributed by atoms with van der Waals surface area (Å²) in [6.07, 6.45) is 17.5. The van der Waals surface area contributed by atoms with Crippen molar-refractivity contribution < 1.29 is 20.1 Å². The second-order valence-electron chi connectivity index (χ2n) is 7.57. The molecule has 25 heavy (non-hydrogen) atoms. The van der Waals surface area contributed by atoms with Gasteiger partial charge in [-0.2, -0.15) is 0 Å². The van der Waals surface area contributed by atoms with Gasteiger partial charge in [0, 0.05) is 6.42 Å². The minimum Gasteiger partial charge on any atom is -0.481 e. The van der Waals surface area contributed by atoms with E-state index in [0.29, 0.717) is 6.42 Å². The van der Waals surface area contributed by atoms with E-state index in [0.717, 1.165) is 19.3 Å². The summed E-state index contributed by atoms with van der Waals surface area (Å²) < 4.78 is 0. The van der Waals surface area contributed by atoms with Crippen molar-refractivity contribution in [1.82, 2.24) is 0 Å². The molecule has 150 valence electrons. The van der Waals surface area contributed by atoms with Crippen molar-refractivity contribution in [2.75, 3.05) is 6.61 Å². The van der Waals surface area contributed by atoms with Crippen LogP contribution in [-0.4, -0.2) is 34.0 Å². The fraction of sp³-hybridized carbons (Fsp3) is 0.952. The van der Waals surface area contributed by atoms with Crippen LogP contribution in [-0.2, 0) is 4.79 Å². The van der Waals surface area contributed by atoms with E-state index in [1.54, 1.807) is 0 Å². The first-order valence-corrected chi connectivity index (χ1v) is 10.6. The van der Waals surface area contributed by atoms with Crippen LogP contribution in [0.4, 0.5) is 0 Å². The third-order valence-electron chi connectivity index (χ3n) is 5.00. The molecule has 2 unspecified atom stereocenters. The van der Waals surface area contributed by atoms with Crippen LogP contribution in [0.1, 0.15) is 110 Å². The largest absolute Gasteiger partial charge is 0.481 e. The second kappa shape index (κ2) is 18.2. The number of rotatable bonds is 19. The van der Waals surface area contributed by atoms with Crippen molar-refractivity contribution in [2.24, 2.45) is 5.92 Å². The van der Waals surface area contributed by atoms with Gasteiger partial charge >= 0.3 is 5.97 Å². The first-order chi connectivity index (χ1) is 12.1. The fourth-order valence-corrected chi connectivity index (χ4v) is 3.46. The van der Waals surface area contributed by atoms with Crippen LogP contribution in [0.25, 0.3) is 0 Å². The van der Waals surface area contributed by atoms with Crippen molar-refractivity contribution in [1.29, 1.82) is 0 Å². The summed E-state index contributed by atoms with van der Waals surface area (Å²) >= 11 is 0. The molecule has 4 nitrogen and oxygen atoms in total. The Labute approximate surface area is 155 Å². The minimum absolute atomic E-state index is 0.0210. The van der Waals surface area contributed by atoms with Gasteiger partial charge in [0.15, 0.2) is 0 Å². The smallest absolute Gasteiger partial charge is 0.303 e. The Morgan fingerprint density at radius 2 is 1.24 bits per heavy atom. The first kappa shape index (κ1) is 24.4. The number of carboxylic acids is 1. The molecule has 0 saturated heterocycles. The van der Waals surface area contributed by atoms with Crippen LogP contribution in [0.3, 0.4) is 0 Å². The highest BCUT2D eigenvalue weighted by Gasteiger charge is 2.17. The Kier molecular flexibility index (Phi) is 17.7. The maximum atomic E-state index is 10.9. The van der Waals surface area contributed by atoms with Crippen molar-refractivity contribution in [3.8, 4) is 0 Å². The lowest BCUT2D eigenvalue weighted by Gasteiger charge is -2.17. The molecular weight excluding hydrogens is 316 g/mol. The summed E-state index contributed by atoms with van der Waals surface area (Å²) in [7, 11) is 0. The average Bonchev–Trinajstić information content (AvgIpc) is 2.58. The van der Waals surface area contributed by atoms with Gasteiger partial charge in [0.05, 0.1) is 12.7 Å². The SMILES string of the molecule is CCCCCCCCCCCCCCCC(CC(=O)O)CC(O)CO. The summed E-state index contributed by atoms with van der Waals surface area (Å²) in [4.78, 5) is 10.9. The summed E-state index contributed by atoms with van der Waals surface area (Å²) in [6, 6.07) is 0. The molecule has 0 aromatic heterocycles. The Morgan fingerprint density at radius 1 is 0.800 bits per heavy atom. The normalized spacial score (nSPS) is 13.7. The van der Waals surface area contributed by atoms with Crippen LogP contribution in [0.15, 0.2) is 0 Å². The molecule has 0 saturated carbocycles. The molecule has 0 radical (unpaired) electrons. The van der Waals surface area contributed by atoms with Crippen LogP contribution >= 0.6 is 0 Å². The highest BCUT2D eigenvalue weighted by Crippen LogP contribution is 2.20. The monoisotopic (exact) mass is 358 g/mol. The molecule has 2 atom stereocenters. The van der Waals surface area contributed by atoms with Gasteiger partial charge in [-0.15, -0.1) is 0 Å². The van der Waals surface area contributed by atoms with E-state index in [1.807, 2.05) is 0 Å². The number of aliphatic hydroxyl groups excluding tert-OH is 2. The van der Waals surface area contributed by atoms with Crippen LogP contribution in [0.5, 0.6) is 0 Å². The summed E-state index contributed by atoms with van der Waals surface area (Å²) in [5.41, 5.74) is 0. The number of hydrogen-bond acceptors (Lipinski definition) is 3. The van der Waals surface area contributed by atoms with Crippen LogP contribution in [0.2, 0.25) is 0 Å². The first-order valence-electron chi connectivity index (χ1n) is 10.6. The molecule has 0 aromatic carbocycles.